The van der Waals surface area contributed by atoms with Crippen LogP contribution in [0.2, 0.25) is 0 Å². The lowest BCUT2D eigenvalue weighted by Crippen LogP contribution is -2.11. The fourth-order valence-corrected chi connectivity index (χ4v) is 1.56. The molecular formula is C14H21NO3. The Kier molecular flexibility index (Phi) is 6.69. The molecule has 0 amide bonds. The van der Waals surface area contributed by atoms with E-state index in [9.17, 15) is 4.79 Å². The first-order valence-corrected chi connectivity index (χ1v) is 6.42. The molecule has 4 nitrogen and oxygen atoms in total. The van der Waals surface area contributed by atoms with Crippen molar-refractivity contribution in [2.24, 2.45) is 0 Å². The second-order valence-electron chi connectivity index (χ2n) is 4.19. The van der Waals surface area contributed by atoms with E-state index in [0.29, 0.717) is 18.0 Å². The predicted octanol–water partition coefficient (Wildman–Crippen LogP) is 3.75. The van der Waals surface area contributed by atoms with Gasteiger partial charge in [-0.05, 0) is 18.6 Å². The Morgan fingerprint density at radius 1 is 1.22 bits per heavy atom. The molecule has 0 atom stereocenters. The number of nitrogen functional groups attached to an aromatic ring is 1. The highest BCUT2D eigenvalue weighted by atomic mass is 16.7. The number of nitrogens with two attached hydrogens (primary N) is 1. The third kappa shape index (κ3) is 6.13. The number of ether oxygens (including phenoxy) is 2. The third-order valence-corrected chi connectivity index (χ3v) is 2.53. The molecule has 0 saturated heterocycles. The van der Waals surface area contributed by atoms with Crippen LogP contribution in [-0.4, -0.2) is 12.8 Å². The summed E-state index contributed by atoms with van der Waals surface area (Å²) in [6.07, 6.45) is 4.91. The summed E-state index contributed by atoms with van der Waals surface area (Å²) in [5.74, 6) is 0.408. The normalized spacial score (nSPS) is 10.1. The van der Waals surface area contributed by atoms with Crippen molar-refractivity contribution in [3.63, 3.8) is 0 Å². The van der Waals surface area contributed by atoms with Gasteiger partial charge in [0, 0.05) is 11.8 Å². The number of benzene rings is 1. The molecule has 1 aromatic rings. The van der Waals surface area contributed by atoms with Crippen LogP contribution in [0.5, 0.6) is 5.75 Å². The maximum absolute atomic E-state index is 11.3. The van der Waals surface area contributed by atoms with Crippen molar-refractivity contribution in [3.8, 4) is 5.75 Å². The lowest BCUT2D eigenvalue weighted by molar-refractivity contribution is 0.0973. The van der Waals surface area contributed by atoms with Crippen molar-refractivity contribution in [2.45, 2.75) is 39.0 Å². The number of anilines is 1. The molecule has 1 aromatic carbocycles. The van der Waals surface area contributed by atoms with Crippen molar-refractivity contribution in [3.05, 3.63) is 24.3 Å². The Labute approximate surface area is 108 Å². The minimum Gasteiger partial charge on any atom is -0.434 e. The van der Waals surface area contributed by atoms with Gasteiger partial charge in [-0.1, -0.05) is 38.7 Å². The molecule has 1 rings (SSSR count). The average molecular weight is 251 g/mol. The van der Waals surface area contributed by atoms with Crippen molar-refractivity contribution in [1.82, 2.24) is 0 Å². The molecule has 0 aliphatic rings. The van der Waals surface area contributed by atoms with E-state index in [1.54, 1.807) is 24.3 Å². The lowest BCUT2D eigenvalue weighted by Gasteiger charge is -2.06. The topological polar surface area (TPSA) is 61.5 Å². The van der Waals surface area contributed by atoms with Crippen LogP contribution >= 0.6 is 0 Å². The molecule has 0 radical (unpaired) electrons. The van der Waals surface area contributed by atoms with Gasteiger partial charge in [0.25, 0.3) is 0 Å². The van der Waals surface area contributed by atoms with Gasteiger partial charge in [-0.25, -0.2) is 4.79 Å². The van der Waals surface area contributed by atoms with Crippen LogP contribution in [0.25, 0.3) is 0 Å². The van der Waals surface area contributed by atoms with Crippen molar-refractivity contribution in [1.29, 1.82) is 0 Å². The zero-order valence-corrected chi connectivity index (χ0v) is 10.9. The molecular weight excluding hydrogens is 230 g/mol. The van der Waals surface area contributed by atoms with Gasteiger partial charge in [-0.15, -0.1) is 0 Å². The predicted molar refractivity (Wildman–Crippen MR) is 71.6 cm³/mol. The highest BCUT2D eigenvalue weighted by molar-refractivity contribution is 5.64. The van der Waals surface area contributed by atoms with Crippen LogP contribution in [0.15, 0.2) is 24.3 Å². The van der Waals surface area contributed by atoms with Crippen LogP contribution in [0.4, 0.5) is 10.5 Å². The molecule has 4 heteroatoms. The molecule has 0 spiro atoms. The number of hydrogen-bond donors (Lipinski definition) is 1. The Balaban J connectivity index is 2.14. The Bertz CT molecular complexity index is 366. The average Bonchev–Trinajstić information content (AvgIpc) is 2.33. The molecule has 2 N–H and O–H groups in total. The standard InChI is InChI=1S/C14H21NO3/c1-2-3-4-5-6-10-17-14(16)18-13-9-7-8-12(15)11-13/h7-9,11H,2-6,10,15H2,1H3. The largest absolute Gasteiger partial charge is 0.513 e. The van der Waals surface area contributed by atoms with Crippen molar-refractivity contribution >= 4 is 11.8 Å². The molecule has 0 bridgehead atoms. The smallest absolute Gasteiger partial charge is 0.434 e. The van der Waals surface area contributed by atoms with E-state index in [-0.39, 0.29) is 0 Å². The summed E-state index contributed by atoms with van der Waals surface area (Å²) in [5, 5.41) is 0. The van der Waals surface area contributed by atoms with Gasteiger partial charge < -0.3 is 15.2 Å². The molecule has 0 saturated carbocycles. The molecule has 18 heavy (non-hydrogen) atoms. The second-order valence-corrected chi connectivity index (χ2v) is 4.19. The fraction of sp³-hybridized carbons (Fsp3) is 0.500. The molecule has 0 fully saturated rings. The number of unbranched alkanes of at least 4 members (excludes halogenated alkanes) is 4. The summed E-state index contributed by atoms with van der Waals surface area (Å²) in [6.45, 7) is 2.57. The van der Waals surface area contributed by atoms with Crippen LogP contribution in [0, 0.1) is 0 Å². The van der Waals surface area contributed by atoms with E-state index in [2.05, 4.69) is 6.92 Å². The lowest BCUT2D eigenvalue weighted by atomic mass is 10.2. The van der Waals surface area contributed by atoms with Crippen LogP contribution in [0.1, 0.15) is 39.0 Å². The summed E-state index contributed by atoms with van der Waals surface area (Å²) in [7, 11) is 0. The monoisotopic (exact) mass is 251 g/mol. The zero-order chi connectivity index (χ0) is 13.2. The summed E-state index contributed by atoms with van der Waals surface area (Å²) in [4.78, 5) is 11.3. The van der Waals surface area contributed by atoms with Gasteiger partial charge in [0.2, 0.25) is 0 Å². The first kappa shape index (κ1) is 14.4. The van der Waals surface area contributed by atoms with Crippen LogP contribution in [0.3, 0.4) is 0 Å². The number of carbonyl (C=O) groups is 1. The van der Waals surface area contributed by atoms with Gasteiger partial charge in [-0.3, -0.25) is 0 Å². The quantitative estimate of drug-likeness (QED) is 0.347. The number of hydrogen-bond acceptors (Lipinski definition) is 4. The number of carbonyl (C=O) groups excluding carboxylic acids is 1. The van der Waals surface area contributed by atoms with Gasteiger partial charge in [0.05, 0.1) is 6.61 Å². The second kappa shape index (κ2) is 8.39. The molecule has 0 aliphatic heterocycles. The highest BCUT2D eigenvalue weighted by Crippen LogP contribution is 2.15. The maximum atomic E-state index is 11.3. The molecule has 0 aromatic heterocycles. The van der Waals surface area contributed by atoms with E-state index in [1.165, 1.54) is 19.3 Å². The van der Waals surface area contributed by atoms with Gasteiger partial charge in [0.1, 0.15) is 5.75 Å². The minimum absolute atomic E-state index is 0.408. The van der Waals surface area contributed by atoms with Crippen molar-refractivity contribution < 1.29 is 14.3 Å². The molecule has 0 unspecified atom stereocenters. The van der Waals surface area contributed by atoms with E-state index < -0.39 is 6.16 Å². The van der Waals surface area contributed by atoms with Gasteiger partial charge >= 0.3 is 6.16 Å². The minimum atomic E-state index is -0.670. The van der Waals surface area contributed by atoms with E-state index in [0.717, 1.165) is 12.8 Å². The summed E-state index contributed by atoms with van der Waals surface area (Å²) >= 11 is 0. The summed E-state index contributed by atoms with van der Waals surface area (Å²) in [5.41, 5.74) is 6.13. The van der Waals surface area contributed by atoms with Crippen molar-refractivity contribution in [2.75, 3.05) is 12.3 Å². The van der Waals surface area contributed by atoms with Crippen LogP contribution in [-0.2, 0) is 4.74 Å². The van der Waals surface area contributed by atoms with E-state index in [4.69, 9.17) is 15.2 Å². The van der Waals surface area contributed by atoms with E-state index in [1.807, 2.05) is 0 Å². The molecule has 0 heterocycles. The highest BCUT2D eigenvalue weighted by Gasteiger charge is 2.05. The molecule has 100 valence electrons. The van der Waals surface area contributed by atoms with E-state index >= 15 is 0 Å². The van der Waals surface area contributed by atoms with Crippen LogP contribution < -0.4 is 10.5 Å². The molecule has 0 aliphatic carbocycles. The first-order chi connectivity index (χ1) is 8.72. The summed E-state index contributed by atoms with van der Waals surface area (Å²) < 4.78 is 9.95. The summed E-state index contributed by atoms with van der Waals surface area (Å²) in [6, 6.07) is 6.70. The zero-order valence-electron chi connectivity index (χ0n) is 10.9. The maximum Gasteiger partial charge on any atom is 0.513 e. The Morgan fingerprint density at radius 2 is 2.00 bits per heavy atom. The van der Waals surface area contributed by atoms with Gasteiger partial charge in [0.15, 0.2) is 0 Å². The third-order valence-electron chi connectivity index (χ3n) is 2.53. The first-order valence-electron chi connectivity index (χ1n) is 6.42. The Morgan fingerprint density at radius 3 is 2.72 bits per heavy atom. The van der Waals surface area contributed by atoms with Gasteiger partial charge in [-0.2, -0.15) is 0 Å². The SMILES string of the molecule is CCCCCCCOC(=O)Oc1cccc(N)c1. The fourth-order valence-electron chi connectivity index (χ4n) is 1.56. The Hall–Kier alpha value is -1.71. The number of rotatable bonds is 7.